The summed E-state index contributed by atoms with van der Waals surface area (Å²) in [6, 6.07) is 8.88. The third-order valence-electron chi connectivity index (χ3n) is 4.55. The highest BCUT2D eigenvalue weighted by atomic mass is 15.2. The molecule has 1 atom stereocenters. The lowest BCUT2D eigenvalue weighted by atomic mass is 9.84. The number of fused-ring (bicyclic) bond motifs is 1. The maximum absolute atomic E-state index is 3.53. The van der Waals surface area contributed by atoms with Gasteiger partial charge in [0.1, 0.15) is 0 Å². The van der Waals surface area contributed by atoms with Crippen molar-refractivity contribution in [1.82, 2.24) is 10.2 Å². The first-order valence-corrected chi connectivity index (χ1v) is 6.81. The molecule has 0 saturated carbocycles. The van der Waals surface area contributed by atoms with E-state index in [0.29, 0.717) is 5.41 Å². The van der Waals surface area contributed by atoms with Gasteiger partial charge in [0.05, 0.1) is 0 Å². The van der Waals surface area contributed by atoms with Gasteiger partial charge in [0.15, 0.2) is 0 Å². The molecule has 3 rings (SSSR count). The Morgan fingerprint density at radius 2 is 1.94 bits per heavy atom. The van der Waals surface area contributed by atoms with Gasteiger partial charge < -0.3 is 5.32 Å². The summed E-state index contributed by atoms with van der Waals surface area (Å²) >= 11 is 0. The maximum atomic E-state index is 3.53. The zero-order valence-corrected chi connectivity index (χ0v) is 10.7. The number of rotatable bonds is 3. The van der Waals surface area contributed by atoms with Crippen LogP contribution in [0.15, 0.2) is 24.3 Å². The van der Waals surface area contributed by atoms with E-state index in [4.69, 9.17) is 0 Å². The SMILES string of the molecule is CCC1(CN2Cc3ccccc3C2)CCNC1. The Kier molecular flexibility index (Phi) is 2.93. The van der Waals surface area contributed by atoms with Crippen molar-refractivity contribution in [2.75, 3.05) is 19.6 Å². The maximum Gasteiger partial charge on any atom is 0.0240 e. The molecule has 2 heteroatoms. The second kappa shape index (κ2) is 4.43. The molecule has 1 fully saturated rings. The number of hydrogen-bond acceptors (Lipinski definition) is 2. The second-order valence-corrected chi connectivity index (χ2v) is 5.69. The zero-order chi connectivity index (χ0) is 11.7. The van der Waals surface area contributed by atoms with Crippen LogP contribution in [-0.4, -0.2) is 24.5 Å². The molecule has 92 valence electrons. The minimum absolute atomic E-state index is 0.530. The summed E-state index contributed by atoms with van der Waals surface area (Å²) in [6.07, 6.45) is 2.64. The van der Waals surface area contributed by atoms with E-state index in [1.54, 1.807) is 0 Å². The molecular weight excluding hydrogens is 208 g/mol. The van der Waals surface area contributed by atoms with Crippen LogP contribution in [0.3, 0.4) is 0 Å². The molecule has 2 aliphatic heterocycles. The molecule has 1 aromatic rings. The molecule has 1 aromatic carbocycles. The van der Waals surface area contributed by atoms with Gasteiger partial charge in [0.2, 0.25) is 0 Å². The molecule has 2 aliphatic rings. The highest BCUT2D eigenvalue weighted by Gasteiger charge is 2.35. The molecular formula is C15H22N2. The number of hydrogen-bond donors (Lipinski definition) is 1. The highest BCUT2D eigenvalue weighted by molar-refractivity contribution is 5.30. The van der Waals surface area contributed by atoms with E-state index in [-0.39, 0.29) is 0 Å². The van der Waals surface area contributed by atoms with E-state index in [0.717, 1.165) is 13.1 Å². The van der Waals surface area contributed by atoms with Crippen LogP contribution in [-0.2, 0) is 13.1 Å². The van der Waals surface area contributed by atoms with Gasteiger partial charge in [-0.3, -0.25) is 4.90 Å². The first-order chi connectivity index (χ1) is 8.31. The third kappa shape index (κ3) is 2.12. The fraction of sp³-hybridized carbons (Fsp3) is 0.600. The summed E-state index contributed by atoms with van der Waals surface area (Å²) in [6.45, 7) is 8.31. The van der Waals surface area contributed by atoms with Gasteiger partial charge in [-0.1, -0.05) is 31.2 Å². The number of nitrogens with one attached hydrogen (secondary N) is 1. The average Bonchev–Trinajstić information content (AvgIpc) is 2.95. The molecule has 0 aliphatic carbocycles. The first-order valence-electron chi connectivity index (χ1n) is 6.81. The standard InChI is InChI=1S/C15H22N2/c1-2-15(7-8-16-11-15)12-17-9-13-5-3-4-6-14(13)10-17/h3-6,16H,2,7-12H2,1H3. The number of nitrogens with zero attached hydrogens (tertiary/aromatic N) is 1. The lowest BCUT2D eigenvalue weighted by Crippen LogP contribution is -2.36. The van der Waals surface area contributed by atoms with Gasteiger partial charge in [0, 0.05) is 26.2 Å². The molecule has 0 spiro atoms. The quantitative estimate of drug-likeness (QED) is 0.857. The van der Waals surface area contributed by atoms with Gasteiger partial charge in [-0.2, -0.15) is 0 Å². The van der Waals surface area contributed by atoms with Crippen LogP contribution in [0.4, 0.5) is 0 Å². The molecule has 17 heavy (non-hydrogen) atoms. The van der Waals surface area contributed by atoms with Crippen molar-refractivity contribution in [3.05, 3.63) is 35.4 Å². The predicted octanol–water partition coefficient (Wildman–Crippen LogP) is 2.39. The topological polar surface area (TPSA) is 15.3 Å². The van der Waals surface area contributed by atoms with Crippen molar-refractivity contribution >= 4 is 0 Å². The van der Waals surface area contributed by atoms with E-state index in [1.165, 1.54) is 43.6 Å². The summed E-state index contributed by atoms with van der Waals surface area (Å²) in [5, 5.41) is 3.53. The Balaban J connectivity index is 1.69. The van der Waals surface area contributed by atoms with Gasteiger partial charge in [-0.25, -0.2) is 0 Å². The molecule has 2 heterocycles. The third-order valence-corrected chi connectivity index (χ3v) is 4.55. The van der Waals surface area contributed by atoms with Crippen molar-refractivity contribution in [2.24, 2.45) is 5.41 Å². The van der Waals surface area contributed by atoms with Crippen LogP contribution in [0.5, 0.6) is 0 Å². The Labute approximate surface area is 104 Å². The first kappa shape index (κ1) is 11.2. The minimum Gasteiger partial charge on any atom is -0.316 e. The van der Waals surface area contributed by atoms with Crippen LogP contribution >= 0.6 is 0 Å². The Morgan fingerprint density at radius 1 is 1.24 bits per heavy atom. The second-order valence-electron chi connectivity index (χ2n) is 5.69. The summed E-state index contributed by atoms with van der Waals surface area (Å²) in [7, 11) is 0. The lowest BCUT2D eigenvalue weighted by Gasteiger charge is -2.31. The molecule has 1 N–H and O–H groups in total. The lowest BCUT2D eigenvalue weighted by molar-refractivity contribution is 0.158. The van der Waals surface area contributed by atoms with E-state index < -0.39 is 0 Å². The summed E-state index contributed by atoms with van der Waals surface area (Å²) in [5.74, 6) is 0. The van der Waals surface area contributed by atoms with E-state index in [9.17, 15) is 0 Å². The average molecular weight is 230 g/mol. The van der Waals surface area contributed by atoms with Gasteiger partial charge in [0.25, 0.3) is 0 Å². The summed E-state index contributed by atoms with van der Waals surface area (Å²) in [4.78, 5) is 2.63. The smallest absolute Gasteiger partial charge is 0.0240 e. The van der Waals surface area contributed by atoms with Crippen LogP contribution in [0.1, 0.15) is 30.9 Å². The van der Waals surface area contributed by atoms with Crippen LogP contribution in [0.2, 0.25) is 0 Å². The van der Waals surface area contributed by atoms with Crippen molar-refractivity contribution in [3.8, 4) is 0 Å². The number of benzene rings is 1. The van der Waals surface area contributed by atoms with Gasteiger partial charge in [-0.15, -0.1) is 0 Å². The molecule has 0 aromatic heterocycles. The van der Waals surface area contributed by atoms with Crippen LogP contribution in [0, 0.1) is 5.41 Å². The zero-order valence-electron chi connectivity index (χ0n) is 10.7. The molecule has 1 saturated heterocycles. The molecule has 0 amide bonds. The van der Waals surface area contributed by atoms with Crippen molar-refractivity contribution in [1.29, 1.82) is 0 Å². The molecule has 0 bridgehead atoms. The van der Waals surface area contributed by atoms with Gasteiger partial charge in [-0.05, 0) is 35.9 Å². The van der Waals surface area contributed by atoms with Crippen LogP contribution < -0.4 is 5.32 Å². The van der Waals surface area contributed by atoms with E-state index in [2.05, 4.69) is 41.4 Å². The van der Waals surface area contributed by atoms with E-state index in [1.807, 2.05) is 0 Å². The van der Waals surface area contributed by atoms with Crippen LogP contribution in [0.25, 0.3) is 0 Å². The minimum atomic E-state index is 0.530. The monoisotopic (exact) mass is 230 g/mol. The van der Waals surface area contributed by atoms with Crippen molar-refractivity contribution in [2.45, 2.75) is 32.9 Å². The molecule has 2 nitrogen and oxygen atoms in total. The highest BCUT2D eigenvalue weighted by Crippen LogP contribution is 2.33. The fourth-order valence-electron chi connectivity index (χ4n) is 3.33. The van der Waals surface area contributed by atoms with Crippen molar-refractivity contribution in [3.63, 3.8) is 0 Å². The summed E-state index contributed by atoms with van der Waals surface area (Å²) in [5.41, 5.74) is 3.59. The Hall–Kier alpha value is -0.860. The fourth-order valence-corrected chi connectivity index (χ4v) is 3.33. The Bertz CT molecular complexity index is 369. The predicted molar refractivity (Wildman–Crippen MR) is 70.8 cm³/mol. The Morgan fingerprint density at radius 3 is 2.47 bits per heavy atom. The largest absolute Gasteiger partial charge is 0.316 e. The summed E-state index contributed by atoms with van der Waals surface area (Å²) < 4.78 is 0. The van der Waals surface area contributed by atoms with Crippen molar-refractivity contribution < 1.29 is 0 Å². The molecule has 0 radical (unpaired) electrons. The molecule has 1 unspecified atom stereocenters. The normalized spacial score (nSPS) is 28.5. The van der Waals surface area contributed by atoms with Gasteiger partial charge >= 0.3 is 0 Å². The van der Waals surface area contributed by atoms with E-state index >= 15 is 0 Å².